The molecule has 2 nitrogen and oxygen atoms in total. The normalized spacial score (nSPS) is 19.2. The van der Waals surface area contributed by atoms with Crippen molar-refractivity contribution in [2.45, 2.75) is 13.3 Å². The minimum Gasteiger partial charge on any atom is -0.166 e. The van der Waals surface area contributed by atoms with E-state index in [9.17, 15) is 0 Å². The Labute approximate surface area is 95.7 Å². The molecule has 0 bridgehead atoms. The zero-order valence-electron chi connectivity index (χ0n) is 9.40. The van der Waals surface area contributed by atoms with Gasteiger partial charge < -0.3 is 0 Å². The predicted molar refractivity (Wildman–Crippen MR) is 69.9 cm³/mol. The maximum atomic E-state index is 4.12. The molecule has 0 heterocycles. The van der Waals surface area contributed by atoms with Crippen LogP contribution in [0.4, 0.5) is 0 Å². The van der Waals surface area contributed by atoms with Gasteiger partial charge in [-0.2, -0.15) is 10.2 Å². The van der Waals surface area contributed by atoms with Crippen LogP contribution in [0.5, 0.6) is 0 Å². The molecule has 16 heavy (non-hydrogen) atoms. The second-order valence-corrected chi connectivity index (χ2v) is 3.64. The Kier molecular flexibility index (Phi) is 2.82. The molecule has 0 aliphatic heterocycles. The van der Waals surface area contributed by atoms with Gasteiger partial charge in [0, 0.05) is 17.9 Å². The maximum absolute atomic E-state index is 4.12. The lowest BCUT2D eigenvalue weighted by atomic mass is 10.1. The average Bonchev–Trinajstić information content (AvgIpc) is 2.57. The van der Waals surface area contributed by atoms with Crippen LogP contribution in [0.25, 0.3) is 5.57 Å². The Hall–Kier alpha value is -1.96. The van der Waals surface area contributed by atoms with Gasteiger partial charge >= 0.3 is 0 Å². The van der Waals surface area contributed by atoms with Crippen LogP contribution >= 0.6 is 0 Å². The molecular weight excluding hydrogens is 196 g/mol. The summed E-state index contributed by atoms with van der Waals surface area (Å²) in [5.41, 5.74) is 5.23. The SMILES string of the molecule is C=N/N=C1\C(=C/CC)C(=C)c2ccccc21. The van der Waals surface area contributed by atoms with E-state index >= 15 is 0 Å². The summed E-state index contributed by atoms with van der Waals surface area (Å²) in [4.78, 5) is 0. The molecule has 0 radical (unpaired) electrons. The van der Waals surface area contributed by atoms with E-state index < -0.39 is 0 Å². The predicted octanol–water partition coefficient (Wildman–Crippen LogP) is 3.45. The molecule has 2 heteroatoms. The fourth-order valence-electron chi connectivity index (χ4n) is 1.99. The molecule has 0 N–H and O–H groups in total. The van der Waals surface area contributed by atoms with Gasteiger partial charge in [0.05, 0.1) is 0 Å². The van der Waals surface area contributed by atoms with E-state index in [1.165, 1.54) is 0 Å². The summed E-state index contributed by atoms with van der Waals surface area (Å²) in [6.45, 7) is 9.64. The van der Waals surface area contributed by atoms with E-state index in [-0.39, 0.29) is 0 Å². The van der Waals surface area contributed by atoms with Gasteiger partial charge in [0.25, 0.3) is 0 Å². The first-order valence-electron chi connectivity index (χ1n) is 5.32. The number of rotatable bonds is 2. The third-order valence-electron chi connectivity index (χ3n) is 2.67. The molecule has 1 aliphatic rings. The summed E-state index contributed by atoms with van der Waals surface area (Å²) in [5, 5.41) is 7.76. The highest BCUT2D eigenvalue weighted by Gasteiger charge is 2.25. The Bertz CT molecular complexity index is 507. The van der Waals surface area contributed by atoms with Gasteiger partial charge in [-0.05, 0) is 17.6 Å². The average molecular weight is 210 g/mol. The van der Waals surface area contributed by atoms with Crippen LogP contribution in [0, 0.1) is 0 Å². The number of nitrogens with zero attached hydrogens (tertiary/aromatic N) is 2. The van der Waals surface area contributed by atoms with E-state index in [4.69, 9.17) is 0 Å². The number of allylic oxidation sites excluding steroid dienone is 3. The fourth-order valence-corrected chi connectivity index (χ4v) is 1.99. The molecule has 1 aliphatic carbocycles. The molecule has 0 unspecified atom stereocenters. The zero-order valence-corrected chi connectivity index (χ0v) is 9.40. The Morgan fingerprint density at radius 2 is 1.94 bits per heavy atom. The van der Waals surface area contributed by atoms with E-state index in [1.807, 2.05) is 18.2 Å². The highest BCUT2D eigenvalue weighted by molar-refractivity contribution is 6.28. The smallest absolute Gasteiger partial charge is 0.101 e. The minimum atomic E-state index is 0.887. The standard InChI is InChI=1S/C14H14N2/c1-4-7-12-10(2)11-8-5-6-9-13(11)14(12)16-15-3/h5-9H,2-4H2,1H3/b12-7-,16-14+. The van der Waals surface area contributed by atoms with Crippen molar-refractivity contribution in [2.24, 2.45) is 10.2 Å². The first kappa shape index (κ1) is 10.6. The van der Waals surface area contributed by atoms with Crippen molar-refractivity contribution in [1.29, 1.82) is 0 Å². The number of benzene rings is 1. The number of hydrogen-bond donors (Lipinski definition) is 0. The van der Waals surface area contributed by atoms with Crippen molar-refractivity contribution in [1.82, 2.24) is 0 Å². The van der Waals surface area contributed by atoms with Crippen LogP contribution in [-0.4, -0.2) is 12.4 Å². The lowest BCUT2D eigenvalue weighted by Crippen LogP contribution is -1.96. The molecule has 0 saturated carbocycles. The molecule has 80 valence electrons. The third kappa shape index (κ3) is 1.52. The number of fused-ring (bicyclic) bond motifs is 1. The van der Waals surface area contributed by atoms with Crippen LogP contribution in [0.15, 0.2) is 52.7 Å². The van der Waals surface area contributed by atoms with Crippen molar-refractivity contribution >= 4 is 18.0 Å². The Balaban J connectivity index is 2.66. The van der Waals surface area contributed by atoms with Crippen LogP contribution in [0.3, 0.4) is 0 Å². The molecule has 0 saturated heterocycles. The molecule has 0 atom stereocenters. The molecular formula is C14H14N2. The van der Waals surface area contributed by atoms with E-state index in [0.717, 1.165) is 34.4 Å². The molecule has 1 aromatic rings. The van der Waals surface area contributed by atoms with Gasteiger partial charge in [0.1, 0.15) is 5.71 Å². The van der Waals surface area contributed by atoms with Gasteiger partial charge in [0.15, 0.2) is 0 Å². The second kappa shape index (κ2) is 4.27. The maximum Gasteiger partial charge on any atom is 0.101 e. The van der Waals surface area contributed by atoms with Gasteiger partial charge in [-0.3, -0.25) is 0 Å². The second-order valence-electron chi connectivity index (χ2n) is 3.64. The van der Waals surface area contributed by atoms with Crippen LogP contribution in [0.1, 0.15) is 24.5 Å². The summed E-state index contributed by atoms with van der Waals surface area (Å²) in [7, 11) is 0. The van der Waals surface area contributed by atoms with E-state index in [1.54, 1.807) is 0 Å². The van der Waals surface area contributed by atoms with Crippen LogP contribution in [0.2, 0.25) is 0 Å². The van der Waals surface area contributed by atoms with Gasteiger partial charge in [-0.15, -0.1) is 0 Å². The van der Waals surface area contributed by atoms with Crippen molar-refractivity contribution < 1.29 is 0 Å². The van der Waals surface area contributed by atoms with Crippen LogP contribution < -0.4 is 0 Å². The minimum absolute atomic E-state index is 0.887. The van der Waals surface area contributed by atoms with Crippen molar-refractivity contribution in [3.63, 3.8) is 0 Å². The highest BCUT2D eigenvalue weighted by atomic mass is 15.2. The Morgan fingerprint density at radius 3 is 2.56 bits per heavy atom. The van der Waals surface area contributed by atoms with Crippen molar-refractivity contribution in [3.05, 3.63) is 53.6 Å². The first-order chi connectivity index (χ1) is 7.79. The van der Waals surface area contributed by atoms with Gasteiger partial charge in [0.2, 0.25) is 0 Å². The lowest BCUT2D eigenvalue weighted by Gasteiger charge is -1.98. The summed E-state index contributed by atoms with van der Waals surface area (Å²) in [6.07, 6.45) is 3.09. The highest BCUT2D eigenvalue weighted by Crippen LogP contribution is 2.36. The molecule has 0 aromatic heterocycles. The third-order valence-corrected chi connectivity index (χ3v) is 2.67. The summed E-state index contributed by atoms with van der Waals surface area (Å²) < 4.78 is 0. The zero-order chi connectivity index (χ0) is 11.5. The molecule has 0 fully saturated rings. The summed E-state index contributed by atoms with van der Waals surface area (Å²) in [5.74, 6) is 0. The largest absolute Gasteiger partial charge is 0.166 e. The van der Waals surface area contributed by atoms with E-state index in [2.05, 4.69) is 42.6 Å². The Morgan fingerprint density at radius 1 is 1.25 bits per heavy atom. The molecule has 0 spiro atoms. The number of hydrogen-bond acceptors (Lipinski definition) is 2. The first-order valence-corrected chi connectivity index (χ1v) is 5.32. The fraction of sp³-hybridized carbons (Fsp3) is 0.143. The lowest BCUT2D eigenvalue weighted by molar-refractivity contribution is 1.21. The quantitative estimate of drug-likeness (QED) is 0.527. The summed E-state index contributed by atoms with van der Waals surface area (Å²) in [6, 6.07) is 8.12. The van der Waals surface area contributed by atoms with E-state index in [0.29, 0.717) is 0 Å². The topological polar surface area (TPSA) is 24.7 Å². The van der Waals surface area contributed by atoms with Gasteiger partial charge in [-0.1, -0.05) is 43.8 Å². The molecule has 2 rings (SSSR count). The van der Waals surface area contributed by atoms with Gasteiger partial charge in [-0.25, -0.2) is 0 Å². The molecule has 1 aromatic carbocycles. The summed E-state index contributed by atoms with van der Waals surface area (Å²) >= 11 is 0. The van der Waals surface area contributed by atoms with Crippen molar-refractivity contribution in [3.8, 4) is 0 Å². The monoisotopic (exact) mass is 210 g/mol. The molecule has 0 amide bonds. The van der Waals surface area contributed by atoms with Crippen molar-refractivity contribution in [2.75, 3.05) is 0 Å². The van der Waals surface area contributed by atoms with Crippen LogP contribution in [-0.2, 0) is 0 Å².